The highest BCUT2D eigenvalue weighted by atomic mass is 16.5. The first kappa shape index (κ1) is 14.2. The smallest absolute Gasteiger partial charge is 0.332 e. The molecule has 1 aromatic rings. The van der Waals surface area contributed by atoms with Crippen molar-refractivity contribution < 1.29 is 24.2 Å². The molecular weight excluding hydrogens is 236 g/mol. The molecule has 0 aliphatic carbocycles. The summed E-state index contributed by atoms with van der Waals surface area (Å²) in [5.41, 5.74) is 1.19. The maximum Gasteiger partial charge on any atom is 0.332 e. The summed E-state index contributed by atoms with van der Waals surface area (Å²) in [7, 11) is 1.51. The van der Waals surface area contributed by atoms with Gasteiger partial charge in [0.25, 0.3) is 0 Å². The first-order valence-corrected chi connectivity index (χ1v) is 5.48. The van der Waals surface area contributed by atoms with Crippen LogP contribution < -0.4 is 4.74 Å². The Bertz CT molecular complexity index is 453. The number of rotatable bonds is 6. The van der Waals surface area contributed by atoms with Crippen LogP contribution in [0.5, 0.6) is 5.75 Å². The summed E-state index contributed by atoms with van der Waals surface area (Å²) in [4.78, 5) is 21.9. The number of ketones is 1. The average Bonchev–Trinajstić information content (AvgIpc) is 2.35. The van der Waals surface area contributed by atoms with Crippen molar-refractivity contribution in [3.63, 3.8) is 0 Å². The first-order chi connectivity index (χ1) is 8.45. The van der Waals surface area contributed by atoms with Crippen molar-refractivity contribution in [2.45, 2.75) is 26.6 Å². The minimum atomic E-state index is -1.03. The third-order valence-electron chi connectivity index (χ3n) is 2.52. The van der Waals surface area contributed by atoms with Crippen LogP contribution in [0, 0.1) is 0 Å². The molecule has 1 aromatic carbocycles. The summed E-state index contributed by atoms with van der Waals surface area (Å²) < 4.78 is 10.3. The normalized spacial score (nSPS) is 11.9. The molecule has 0 heterocycles. The fraction of sp³-hybridized carbons (Fsp3) is 0.385. The van der Waals surface area contributed by atoms with Crippen LogP contribution in [0.25, 0.3) is 0 Å². The van der Waals surface area contributed by atoms with Gasteiger partial charge in [-0.15, -0.1) is 0 Å². The molecule has 0 aliphatic heterocycles. The highest BCUT2D eigenvalue weighted by Gasteiger charge is 2.13. The van der Waals surface area contributed by atoms with Gasteiger partial charge in [-0.1, -0.05) is 0 Å². The molecule has 0 saturated heterocycles. The monoisotopic (exact) mass is 252 g/mol. The summed E-state index contributed by atoms with van der Waals surface area (Å²) in [6.45, 7) is 2.99. The van der Waals surface area contributed by atoms with Crippen molar-refractivity contribution in [3.8, 4) is 5.75 Å². The largest absolute Gasteiger partial charge is 0.496 e. The summed E-state index contributed by atoms with van der Waals surface area (Å²) in [5.74, 6) is -0.528. The quantitative estimate of drug-likeness (QED) is 0.783. The molecule has 0 unspecified atom stereocenters. The minimum Gasteiger partial charge on any atom is -0.496 e. The second-order valence-electron chi connectivity index (χ2n) is 3.87. The van der Waals surface area contributed by atoms with Crippen LogP contribution in [-0.2, 0) is 16.1 Å². The first-order valence-electron chi connectivity index (χ1n) is 5.48. The van der Waals surface area contributed by atoms with E-state index in [1.165, 1.54) is 21.0 Å². The molecule has 0 radical (unpaired) electrons. The van der Waals surface area contributed by atoms with Gasteiger partial charge in [0.15, 0.2) is 11.9 Å². The number of Topliss-reactive ketones (excluding diaryl/α,β-unsaturated/α-hetero) is 1. The molecule has 0 aromatic heterocycles. The summed E-state index contributed by atoms with van der Waals surface area (Å²) >= 11 is 0. The highest BCUT2D eigenvalue weighted by molar-refractivity contribution is 5.94. The van der Waals surface area contributed by atoms with Crippen LogP contribution in [0.3, 0.4) is 0 Å². The van der Waals surface area contributed by atoms with Gasteiger partial charge in [0.2, 0.25) is 0 Å². The molecular formula is C13H16O5. The maximum absolute atomic E-state index is 11.3. The molecule has 0 spiro atoms. The SMILES string of the molecule is COc1ccc(C(C)=O)cc1CO[C@@H](C)C(=O)O. The van der Waals surface area contributed by atoms with E-state index in [-0.39, 0.29) is 12.4 Å². The van der Waals surface area contributed by atoms with Crippen LogP contribution in [0.15, 0.2) is 18.2 Å². The third-order valence-corrected chi connectivity index (χ3v) is 2.52. The van der Waals surface area contributed by atoms with E-state index in [0.717, 1.165) is 0 Å². The Balaban J connectivity index is 2.88. The Morgan fingerprint density at radius 2 is 2.06 bits per heavy atom. The van der Waals surface area contributed by atoms with Crippen LogP contribution in [0.1, 0.15) is 29.8 Å². The molecule has 0 fully saturated rings. The van der Waals surface area contributed by atoms with Crippen molar-refractivity contribution in [2.75, 3.05) is 7.11 Å². The fourth-order valence-corrected chi connectivity index (χ4v) is 1.40. The Kier molecular flexibility index (Phi) is 4.85. The molecule has 0 bridgehead atoms. The summed E-state index contributed by atoms with van der Waals surface area (Å²) in [5, 5.41) is 8.72. The molecule has 0 saturated carbocycles. The number of aliphatic carboxylic acids is 1. The van der Waals surface area contributed by atoms with E-state index in [2.05, 4.69) is 0 Å². The van der Waals surface area contributed by atoms with Gasteiger partial charge in [-0.2, -0.15) is 0 Å². The number of hydrogen-bond acceptors (Lipinski definition) is 4. The number of benzene rings is 1. The zero-order chi connectivity index (χ0) is 13.7. The lowest BCUT2D eigenvalue weighted by Gasteiger charge is -2.12. The molecule has 1 N–H and O–H groups in total. The molecule has 98 valence electrons. The molecule has 18 heavy (non-hydrogen) atoms. The topological polar surface area (TPSA) is 72.8 Å². The van der Waals surface area contributed by atoms with Gasteiger partial charge in [0.05, 0.1) is 13.7 Å². The lowest BCUT2D eigenvalue weighted by atomic mass is 10.1. The van der Waals surface area contributed by atoms with E-state index in [1.54, 1.807) is 18.2 Å². The Labute approximate surface area is 105 Å². The number of hydrogen-bond donors (Lipinski definition) is 1. The molecule has 0 aliphatic rings. The predicted molar refractivity (Wildman–Crippen MR) is 64.9 cm³/mol. The van der Waals surface area contributed by atoms with Crippen molar-refractivity contribution in [3.05, 3.63) is 29.3 Å². The molecule has 5 nitrogen and oxygen atoms in total. The minimum absolute atomic E-state index is 0.0646. The van der Waals surface area contributed by atoms with Gasteiger partial charge in [0.1, 0.15) is 5.75 Å². The lowest BCUT2D eigenvalue weighted by molar-refractivity contribution is -0.149. The van der Waals surface area contributed by atoms with Crippen molar-refractivity contribution >= 4 is 11.8 Å². The van der Waals surface area contributed by atoms with Crippen LogP contribution in [0.4, 0.5) is 0 Å². The second-order valence-corrected chi connectivity index (χ2v) is 3.87. The molecule has 5 heteroatoms. The van der Waals surface area contributed by atoms with E-state index < -0.39 is 12.1 Å². The Hall–Kier alpha value is -1.88. The number of carbonyl (C=O) groups excluding carboxylic acids is 1. The van der Waals surface area contributed by atoms with E-state index in [1.807, 2.05) is 0 Å². The van der Waals surface area contributed by atoms with Gasteiger partial charge in [-0.25, -0.2) is 4.79 Å². The van der Waals surface area contributed by atoms with E-state index >= 15 is 0 Å². The van der Waals surface area contributed by atoms with E-state index in [9.17, 15) is 9.59 Å². The van der Waals surface area contributed by atoms with Crippen LogP contribution >= 0.6 is 0 Å². The van der Waals surface area contributed by atoms with Crippen molar-refractivity contribution in [1.82, 2.24) is 0 Å². The maximum atomic E-state index is 11.3. The second kappa shape index (κ2) is 6.16. The molecule has 0 amide bonds. The fourth-order valence-electron chi connectivity index (χ4n) is 1.40. The number of carbonyl (C=O) groups is 2. The average molecular weight is 252 g/mol. The van der Waals surface area contributed by atoms with Gasteiger partial charge < -0.3 is 14.6 Å². The lowest BCUT2D eigenvalue weighted by Crippen LogP contribution is -2.19. The zero-order valence-electron chi connectivity index (χ0n) is 10.6. The summed E-state index contributed by atoms with van der Waals surface area (Å²) in [6.07, 6.45) is -0.907. The summed E-state index contributed by atoms with van der Waals surface area (Å²) in [6, 6.07) is 4.97. The van der Waals surface area contributed by atoms with Gasteiger partial charge in [-0.3, -0.25) is 4.79 Å². The van der Waals surface area contributed by atoms with E-state index in [4.69, 9.17) is 14.6 Å². The Morgan fingerprint density at radius 1 is 1.39 bits per heavy atom. The van der Waals surface area contributed by atoms with Crippen molar-refractivity contribution in [1.29, 1.82) is 0 Å². The number of methoxy groups -OCH3 is 1. The third kappa shape index (κ3) is 3.56. The zero-order valence-corrected chi connectivity index (χ0v) is 10.6. The van der Waals surface area contributed by atoms with Crippen LogP contribution in [0.2, 0.25) is 0 Å². The standard InChI is InChI=1S/C13H16O5/c1-8(14)10-4-5-12(17-3)11(6-10)7-18-9(2)13(15)16/h4-6,9H,7H2,1-3H3,(H,15,16)/t9-/m0/s1. The highest BCUT2D eigenvalue weighted by Crippen LogP contribution is 2.21. The van der Waals surface area contributed by atoms with Crippen LogP contribution in [-0.4, -0.2) is 30.1 Å². The molecule has 1 rings (SSSR count). The van der Waals surface area contributed by atoms with Gasteiger partial charge in [-0.05, 0) is 32.0 Å². The van der Waals surface area contributed by atoms with Gasteiger partial charge in [0, 0.05) is 11.1 Å². The number of carboxylic acid groups (broad SMARTS) is 1. The predicted octanol–water partition coefficient (Wildman–Crippen LogP) is 1.89. The Morgan fingerprint density at radius 3 is 2.56 bits per heavy atom. The molecule has 1 atom stereocenters. The van der Waals surface area contributed by atoms with E-state index in [0.29, 0.717) is 16.9 Å². The van der Waals surface area contributed by atoms with Crippen molar-refractivity contribution in [2.24, 2.45) is 0 Å². The number of ether oxygens (including phenoxy) is 2. The number of carboxylic acids is 1. The van der Waals surface area contributed by atoms with Gasteiger partial charge >= 0.3 is 5.97 Å².